The highest BCUT2D eigenvalue weighted by Crippen LogP contribution is 2.44. The number of carbonyl (C=O) groups excluding carboxylic acids is 1. The van der Waals surface area contributed by atoms with Gasteiger partial charge in [0.2, 0.25) is 5.91 Å². The zero-order valence-electron chi connectivity index (χ0n) is 12.6. The van der Waals surface area contributed by atoms with Gasteiger partial charge >= 0.3 is 0 Å². The van der Waals surface area contributed by atoms with Crippen LogP contribution in [0.2, 0.25) is 0 Å². The molecule has 2 aromatic rings. The first-order valence-corrected chi connectivity index (χ1v) is 7.65. The second-order valence-corrected chi connectivity index (χ2v) is 6.09. The third-order valence-corrected chi connectivity index (χ3v) is 4.48. The largest absolute Gasteiger partial charge is 0.380 e. The minimum absolute atomic E-state index is 0.0453. The lowest BCUT2D eigenvalue weighted by atomic mass is 9.74. The summed E-state index contributed by atoms with van der Waals surface area (Å²) in [5, 5.41) is 2.94. The Kier molecular flexibility index (Phi) is 3.36. The summed E-state index contributed by atoms with van der Waals surface area (Å²) in [5.74, 6) is 6.04. The molecule has 1 atom stereocenters. The molecule has 1 aromatic heterocycles. The minimum atomic E-state index is -0.215. The number of rotatable bonds is 1. The third-order valence-electron chi connectivity index (χ3n) is 4.48. The van der Waals surface area contributed by atoms with Crippen LogP contribution in [0.15, 0.2) is 48.7 Å². The Morgan fingerprint density at radius 2 is 1.87 bits per heavy atom. The molecule has 1 amide bonds. The van der Waals surface area contributed by atoms with Gasteiger partial charge in [0.1, 0.15) is 0 Å². The molecule has 2 fully saturated rings. The molecule has 2 aliphatic rings. The Balaban J connectivity index is 1.57. The zero-order valence-corrected chi connectivity index (χ0v) is 12.6. The molecule has 2 aliphatic heterocycles. The van der Waals surface area contributed by atoms with Gasteiger partial charge in [0.15, 0.2) is 0 Å². The molecular weight excluding hydrogens is 288 g/mol. The van der Waals surface area contributed by atoms with Crippen LogP contribution in [0.1, 0.15) is 22.7 Å². The van der Waals surface area contributed by atoms with E-state index >= 15 is 0 Å². The second kappa shape index (κ2) is 5.53. The molecule has 1 unspecified atom stereocenters. The van der Waals surface area contributed by atoms with Gasteiger partial charge in [-0.25, -0.2) is 0 Å². The van der Waals surface area contributed by atoms with Crippen LogP contribution in [0, 0.1) is 17.3 Å². The Morgan fingerprint density at radius 3 is 2.52 bits per heavy atom. The number of ether oxygens (including phenoxy) is 1. The van der Waals surface area contributed by atoms with Gasteiger partial charge in [-0.15, -0.1) is 0 Å². The first-order valence-electron chi connectivity index (χ1n) is 7.65. The number of nitrogens with zero attached hydrogens (tertiary/aromatic N) is 1. The number of hydrogen-bond acceptors (Lipinski definition) is 3. The van der Waals surface area contributed by atoms with Crippen molar-refractivity contribution < 1.29 is 9.53 Å². The lowest BCUT2D eigenvalue weighted by molar-refractivity contribution is -0.132. The SMILES string of the molecule is O=C1NCC2(COC2)C1c1ccc(C#Cc2ccccc2)cn1. The van der Waals surface area contributed by atoms with Crippen molar-refractivity contribution in [3.8, 4) is 11.8 Å². The number of pyridine rings is 1. The number of hydrogen-bond donors (Lipinski definition) is 1. The second-order valence-electron chi connectivity index (χ2n) is 6.09. The molecule has 4 nitrogen and oxygen atoms in total. The van der Waals surface area contributed by atoms with Gasteiger partial charge in [0.25, 0.3) is 0 Å². The van der Waals surface area contributed by atoms with Crippen LogP contribution < -0.4 is 5.32 Å². The van der Waals surface area contributed by atoms with E-state index in [0.29, 0.717) is 19.8 Å². The molecule has 114 valence electrons. The number of carbonyl (C=O) groups is 1. The summed E-state index contributed by atoms with van der Waals surface area (Å²) < 4.78 is 5.33. The summed E-state index contributed by atoms with van der Waals surface area (Å²) in [6.45, 7) is 1.91. The Hall–Kier alpha value is -2.64. The predicted molar refractivity (Wildman–Crippen MR) is 85.7 cm³/mol. The van der Waals surface area contributed by atoms with E-state index < -0.39 is 0 Å². The van der Waals surface area contributed by atoms with Crippen molar-refractivity contribution in [1.29, 1.82) is 0 Å². The monoisotopic (exact) mass is 304 g/mol. The summed E-state index contributed by atoms with van der Waals surface area (Å²) in [5.41, 5.74) is 2.50. The Morgan fingerprint density at radius 1 is 1.09 bits per heavy atom. The molecule has 0 aliphatic carbocycles. The maximum Gasteiger partial charge on any atom is 0.229 e. The fourth-order valence-corrected chi connectivity index (χ4v) is 3.14. The highest BCUT2D eigenvalue weighted by atomic mass is 16.5. The van der Waals surface area contributed by atoms with E-state index in [2.05, 4.69) is 22.1 Å². The highest BCUT2D eigenvalue weighted by Gasteiger charge is 2.54. The normalized spacial score (nSPS) is 21.2. The maximum atomic E-state index is 12.1. The first-order chi connectivity index (χ1) is 11.3. The van der Waals surface area contributed by atoms with E-state index in [1.807, 2.05) is 42.5 Å². The number of aromatic nitrogens is 1. The molecule has 4 rings (SSSR count). The van der Waals surface area contributed by atoms with E-state index in [9.17, 15) is 4.79 Å². The Labute approximate surface area is 134 Å². The molecule has 1 N–H and O–H groups in total. The van der Waals surface area contributed by atoms with Gasteiger partial charge in [-0.2, -0.15) is 0 Å². The van der Waals surface area contributed by atoms with E-state index in [1.165, 1.54) is 0 Å². The average Bonchev–Trinajstić information content (AvgIpc) is 2.92. The maximum absolute atomic E-state index is 12.1. The van der Waals surface area contributed by atoms with Crippen molar-refractivity contribution in [2.45, 2.75) is 5.92 Å². The molecular formula is C19H16N2O2. The summed E-state index contributed by atoms with van der Waals surface area (Å²) in [7, 11) is 0. The minimum Gasteiger partial charge on any atom is -0.380 e. The molecule has 1 aromatic carbocycles. The molecule has 0 radical (unpaired) electrons. The van der Waals surface area contributed by atoms with E-state index in [4.69, 9.17) is 4.74 Å². The van der Waals surface area contributed by atoms with Gasteiger partial charge in [0.05, 0.1) is 30.2 Å². The van der Waals surface area contributed by atoms with Gasteiger partial charge < -0.3 is 10.1 Å². The van der Waals surface area contributed by atoms with Crippen LogP contribution in [0.4, 0.5) is 0 Å². The number of nitrogens with one attached hydrogen (secondary N) is 1. The van der Waals surface area contributed by atoms with Crippen LogP contribution in [0.25, 0.3) is 0 Å². The summed E-state index contributed by atoms with van der Waals surface area (Å²) >= 11 is 0. The van der Waals surface area contributed by atoms with Gasteiger partial charge in [0, 0.05) is 23.9 Å². The standard InChI is InChI=1S/C19H16N2O2/c22-18-17(19(11-21-18)12-23-13-19)16-9-8-15(10-20-16)7-6-14-4-2-1-3-5-14/h1-5,8-10,17H,11-13H2,(H,21,22). The molecule has 0 saturated carbocycles. The number of benzene rings is 1. The van der Waals surface area contributed by atoms with Crippen molar-refractivity contribution in [3.05, 3.63) is 65.5 Å². The lowest BCUT2D eigenvalue weighted by Crippen LogP contribution is -2.48. The zero-order chi connectivity index (χ0) is 15.7. The van der Waals surface area contributed by atoms with Crippen molar-refractivity contribution >= 4 is 5.91 Å². The van der Waals surface area contributed by atoms with E-state index in [-0.39, 0.29) is 17.2 Å². The molecule has 2 saturated heterocycles. The van der Waals surface area contributed by atoms with Gasteiger partial charge in [-0.1, -0.05) is 30.0 Å². The van der Waals surface area contributed by atoms with Gasteiger partial charge in [-0.3, -0.25) is 9.78 Å². The predicted octanol–water partition coefficient (Wildman–Crippen LogP) is 1.71. The van der Waals surface area contributed by atoms with Crippen LogP contribution in [0.3, 0.4) is 0 Å². The van der Waals surface area contributed by atoms with E-state index in [1.54, 1.807) is 6.20 Å². The molecule has 1 spiro atoms. The van der Waals surface area contributed by atoms with Crippen LogP contribution in [-0.2, 0) is 9.53 Å². The third kappa shape index (κ3) is 2.49. The van der Waals surface area contributed by atoms with E-state index in [0.717, 1.165) is 16.8 Å². The topological polar surface area (TPSA) is 51.2 Å². The van der Waals surface area contributed by atoms with Crippen molar-refractivity contribution in [3.63, 3.8) is 0 Å². The van der Waals surface area contributed by atoms with Crippen LogP contribution in [0.5, 0.6) is 0 Å². The van der Waals surface area contributed by atoms with Crippen molar-refractivity contribution in [1.82, 2.24) is 10.3 Å². The number of amides is 1. The Bertz CT molecular complexity index is 784. The fourth-order valence-electron chi connectivity index (χ4n) is 3.14. The summed E-state index contributed by atoms with van der Waals surface area (Å²) in [4.78, 5) is 16.6. The first kappa shape index (κ1) is 14.0. The highest BCUT2D eigenvalue weighted by molar-refractivity contribution is 5.87. The average molecular weight is 304 g/mol. The molecule has 23 heavy (non-hydrogen) atoms. The van der Waals surface area contributed by atoms with Crippen LogP contribution in [-0.4, -0.2) is 30.6 Å². The molecule has 4 heteroatoms. The van der Waals surface area contributed by atoms with Crippen LogP contribution >= 0.6 is 0 Å². The van der Waals surface area contributed by atoms with Crippen molar-refractivity contribution in [2.75, 3.05) is 19.8 Å². The lowest BCUT2D eigenvalue weighted by Gasteiger charge is -2.40. The smallest absolute Gasteiger partial charge is 0.229 e. The molecule has 0 bridgehead atoms. The fraction of sp³-hybridized carbons (Fsp3) is 0.263. The summed E-state index contributed by atoms with van der Waals surface area (Å²) in [6.07, 6.45) is 1.74. The molecule has 3 heterocycles. The summed E-state index contributed by atoms with van der Waals surface area (Å²) in [6, 6.07) is 13.7. The van der Waals surface area contributed by atoms with Crippen molar-refractivity contribution in [2.24, 2.45) is 5.41 Å². The van der Waals surface area contributed by atoms with Gasteiger partial charge in [-0.05, 0) is 24.3 Å². The quantitative estimate of drug-likeness (QED) is 0.816.